The molecule has 1 amide bonds. The van der Waals surface area contributed by atoms with E-state index in [2.05, 4.69) is 10.4 Å². The number of carbonyl (C=O) groups is 1. The van der Waals surface area contributed by atoms with E-state index in [1.165, 1.54) is 19.2 Å². The van der Waals surface area contributed by atoms with Gasteiger partial charge in [0, 0.05) is 19.7 Å². The van der Waals surface area contributed by atoms with E-state index in [-0.39, 0.29) is 23.3 Å². The van der Waals surface area contributed by atoms with E-state index in [1.54, 1.807) is 0 Å². The van der Waals surface area contributed by atoms with Gasteiger partial charge in [-0.3, -0.25) is 9.59 Å². The highest BCUT2D eigenvalue weighted by Gasteiger charge is 2.23. The highest BCUT2D eigenvalue weighted by molar-refractivity contribution is 5.91. The second-order valence-corrected chi connectivity index (χ2v) is 4.72. The van der Waals surface area contributed by atoms with Crippen molar-refractivity contribution in [2.24, 2.45) is 13.0 Å². The number of hydrogen-bond acceptors (Lipinski definition) is 4. The number of aryl methyl sites for hydroxylation is 1. The van der Waals surface area contributed by atoms with Crippen LogP contribution < -0.4 is 10.9 Å². The molecule has 2 unspecified atom stereocenters. The fourth-order valence-corrected chi connectivity index (χ4v) is 2.18. The third kappa shape index (κ3) is 2.95. The van der Waals surface area contributed by atoms with Crippen molar-refractivity contribution in [3.05, 3.63) is 28.2 Å². The summed E-state index contributed by atoms with van der Waals surface area (Å²) >= 11 is 0. The van der Waals surface area contributed by atoms with Gasteiger partial charge < -0.3 is 10.4 Å². The van der Waals surface area contributed by atoms with Crippen molar-refractivity contribution < 1.29 is 9.90 Å². The number of hydrogen-bond donors (Lipinski definition) is 2. The van der Waals surface area contributed by atoms with E-state index >= 15 is 0 Å². The zero-order valence-electron chi connectivity index (χ0n) is 10.3. The molecule has 6 heteroatoms. The molecule has 0 aromatic carbocycles. The van der Waals surface area contributed by atoms with E-state index < -0.39 is 0 Å². The Morgan fingerprint density at radius 3 is 2.94 bits per heavy atom. The lowest BCUT2D eigenvalue weighted by molar-refractivity contribution is 0.0937. The number of aliphatic hydroxyl groups excluding tert-OH is 1. The molecule has 1 fully saturated rings. The van der Waals surface area contributed by atoms with Gasteiger partial charge in [-0.05, 0) is 31.2 Å². The van der Waals surface area contributed by atoms with Crippen molar-refractivity contribution in [1.82, 2.24) is 15.1 Å². The van der Waals surface area contributed by atoms with Crippen LogP contribution in [-0.2, 0) is 7.05 Å². The molecule has 98 valence electrons. The van der Waals surface area contributed by atoms with Crippen molar-refractivity contribution in [3.8, 4) is 0 Å². The minimum atomic E-state index is -0.285. The van der Waals surface area contributed by atoms with Crippen LogP contribution in [0.1, 0.15) is 29.8 Å². The van der Waals surface area contributed by atoms with Crippen LogP contribution in [0.2, 0.25) is 0 Å². The second-order valence-electron chi connectivity index (χ2n) is 4.72. The van der Waals surface area contributed by atoms with Gasteiger partial charge in [0.15, 0.2) is 0 Å². The van der Waals surface area contributed by atoms with E-state index in [1.807, 2.05) is 0 Å². The summed E-state index contributed by atoms with van der Waals surface area (Å²) in [6.45, 7) is 0.542. The number of aromatic nitrogens is 2. The zero-order chi connectivity index (χ0) is 13.1. The summed E-state index contributed by atoms with van der Waals surface area (Å²) in [4.78, 5) is 22.9. The number of nitrogens with zero attached hydrogens (tertiary/aromatic N) is 2. The Morgan fingerprint density at radius 1 is 1.56 bits per heavy atom. The van der Waals surface area contributed by atoms with Crippen molar-refractivity contribution in [2.45, 2.75) is 25.4 Å². The summed E-state index contributed by atoms with van der Waals surface area (Å²) in [6, 6.07) is 2.74. The lowest BCUT2D eigenvalue weighted by Crippen LogP contribution is -2.31. The van der Waals surface area contributed by atoms with Crippen molar-refractivity contribution in [3.63, 3.8) is 0 Å². The molecule has 0 bridgehead atoms. The molecule has 0 radical (unpaired) electrons. The quantitative estimate of drug-likeness (QED) is 0.770. The molecular formula is C12H17N3O3. The van der Waals surface area contributed by atoms with Crippen molar-refractivity contribution >= 4 is 5.91 Å². The Balaban J connectivity index is 1.91. The lowest BCUT2D eigenvalue weighted by Gasteiger charge is -2.10. The SMILES string of the molecule is Cn1nc(C(=O)NCC2CCC(O)C2)ccc1=O. The molecule has 2 rings (SSSR count). The summed E-state index contributed by atoms with van der Waals surface area (Å²) in [5.41, 5.74) is -0.0129. The maximum Gasteiger partial charge on any atom is 0.271 e. The van der Waals surface area contributed by atoms with Crippen LogP contribution in [0.15, 0.2) is 16.9 Å². The largest absolute Gasteiger partial charge is 0.393 e. The Kier molecular flexibility index (Phi) is 3.76. The lowest BCUT2D eigenvalue weighted by atomic mass is 10.1. The molecule has 18 heavy (non-hydrogen) atoms. The third-order valence-corrected chi connectivity index (χ3v) is 3.26. The molecule has 1 saturated carbocycles. The van der Waals surface area contributed by atoms with Gasteiger partial charge in [-0.15, -0.1) is 0 Å². The molecule has 1 aliphatic carbocycles. The van der Waals surface area contributed by atoms with Crippen LogP contribution in [0.4, 0.5) is 0 Å². The van der Waals surface area contributed by atoms with E-state index in [9.17, 15) is 14.7 Å². The first-order valence-corrected chi connectivity index (χ1v) is 6.07. The minimum Gasteiger partial charge on any atom is -0.393 e. The molecule has 1 aliphatic rings. The van der Waals surface area contributed by atoms with Gasteiger partial charge in [-0.2, -0.15) is 5.10 Å². The molecule has 0 spiro atoms. The molecule has 2 N–H and O–H groups in total. The monoisotopic (exact) mass is 251 g/mol. The van der Waals surface area contributed by atoms with Crippen LogP contribution in [0, 0.1) is 5.92 Å². The maximum absolute atomic E-state index is 11.8. The molecule has 0 saturated heterocycles. The minimum absolute atomic E-state index is 0.232. The Morgan fingerprint density at radius 2 is 2.33 bits per heavy atom. The summed E-state index contributed by atoms with van der Waals surface area (Å²) in [5, 5.41) is 16.0. The standard InChI is InChI=1S/C12H17N3O3/c1-15-11(17)5-4-10(14-15)12(18)13-7-8-2-3-9(16)6-8/h4-5,8-9,16H,2-3,6-7H2,1H3,(H,13,18). The first-order valence-electron chi connectivity index (χ1n) is 6.07. The molecule has 6 nitrogen and oxygen atoms in total. The molecule has 2 atom stereocenters. The first-order chi connectivity index (χ1) is 8.56. The van der Waals surface area contributed by atoms with E-state index in [0.29, 0.717) is 12.5 Å². The fraction of sp³-hybridized carbons (Fsp3) is 0.583. The molecule has 1 aromatic rings. The van der Waals surface area contributed by atoms with Crippen LogP contribution in [0.25, 0.3) is 0 Å². The van der Waals surface area contributed by atoms with Gasteiger partial charge >= 0.3 is 0 Å². The average Bonchev–Trinajstić information content (AvgIpc) is 2.75. The van der Waals surface area contributed by atoms with Gasteiger partial charge in [-0.25, -0.2) is 4.68 Å². The summed E-state index contributed by atoms with van der Waals surface area (Å²) in [6.07, 6.45) is 2.24. The number of nitrogens with one attached hydrogen (secondary N) is 1. The fourth-order valence-electron chi connectivity index (χ4n) is 2.18. The summed E-state index contributed by atoms with van der Waals surface area (Å²) < 4.78 is 1.13. The van der Waals surface area contributed by atoms with Crippen LogP contribution in [0.5, 0.6) is 0 Å². The zero-order valence-corrected chi connectivity index (χ0v) is 10.3. The molecular weight excluding hydrogens is 234 g/mol. The highest BCUT2D eigenvalue weighted by Crippen LogP contribution is 2.24. The van der Waals surface area contributed by atoms with Gasteiger partial charge in [0.1, 0.15) is 5.69 Å². The normalized spacial score (nSPS) is 23.0. The molecule has 0 aliphatic heterocycles. The number of amides is 1. The number of aliphatic hydroxyl groups is 1. The number of carbonyl (C=O) groups excluding carboxylic acids is 1. The van der Waals surface area contributed by atoms with Crippen LogP contribution >= 0.6 is 0 Å². The maximum atomic E-state index is 11.8. The number of rotatable bonds is 3. The van der Waals surface area contributed by atoms with Gasteiger partial charge in [0.2, 0.25) is 0 Å². The smallest absolute Gasteiger partial charge is 0.271 e. The van der Waals surface area contributed by atoms with E-state index in [4.69, 9.17) is 0 Å². The van der Waals surface area contributed by atoms with Crippen molar-refractivity contribution in [2.75, 3.05) is 6.54 Å². The topological polar surface area (TPSA) is 84.2 Å². The summed E-state index contributed by atoms with van der Waals surface area (Å²) in [7, 11) is 1.51. The van der Waals surface area contributed by atoms with Gasteiger partial charge in [0.05, 0.1) is 6.10 Å². The molecule has 1 aromatic heterocycles. The Hall–Kier alpha value is -1.69. The van der Waals surface area contributed by atoms with Crippen LogP contribution in [0.3, 0.4) is 0 Å². The second kappa shape index (κ2) is 5.30. The average molecular weight is 251 g/mol. The summed E-state index contributed by atoms with van der Waals surface area (Å²) in [5.74, 6) is 0.0449. The predicted molar refractivity (Wildman–Crippen MR) is 65.2 cm³/mol. The first kappa shape index (κ1) is 12.8. The Bertz CT molecular complexity index is 498. The van der Waals surface area contributed by atoms with Gasteiger partial charge in [-0.1, -0.05) is 0 Å². The predicted octanol–water partition coefficient (Wildman–Crippen LogP) is -0.329. The van der Waals surface area contributed by atoms with Crippen LogP contribution in [-0.4, -0.2) is 33.4 Å². The molecule has 1 heterocycles. The highest BCUT2D eigenvalue weighted by atomic mass is 16.3. The third-order valence-electron chi connectivity index (χ3n) is 3.26. The van der Waals surface area contributed by atoms with Gasteiger partial charge in [0.25, 0.3) is 11.5 Å². The van der Waals surface area contributed by atoms with Crippen molar-refractivity contribution in [1.29, 1.82) is 0 Å². The van der Waals surface area contributed by atoms with E-state index in [0.717, 1.165) is 23.9 Å². The Labute approximate surface area is 105 Å².